The fourth-order valence-electron chi connectivity index (χ4n) is 4.10. The van der Waals surface area contributed by atoms with Crippen molar-refractivity contribution in [2.75, 3.05) is 26.7 Å². The van der Waals surface area contributed by atoms with Gasteiger partial charge in [0.05, 0.1) is 0 Å². The largest absolute Gasteiger partial charge is 0.339 e. The number of rotatable bonds is 7. The summed E-state index contributed by atoms with van der Waals surface area (Å²) in [6, 6.07) is 19.0. The molecule has 156 valence electrons. The maximum absolute atomic E-state index is 12.9. The van der Waals surface area contributed by atoms with Crippen LogP contribution in [0.1, 0.15) is 40.2 Å². The second-order valence-corrected chi connectivity index (χ2v) is 8.05. The van der Waals surface area contributed by atoms with Gasteiger partial charge in [-0.2, -0.15) is 5.10 Å². The van der Waals surface area contributed by atoms with Crippen LogP contribution in [0.15, 0.2) is 60.9 Å². The Morgan fingerprint density at radius 1 is 1.07 bits per heavy atom. The molecule has 1 N–H and O–H groups in total. The lowest BCUT2D eigenvalue weighted by Gasteiger charge is -2.37. The molecule has 1 aromatic heterocycles. The highest BCUT2D eigenvalue weighted by molar-refractivity contribution is 5.94. The summed E-state index contributed by atoms with van der Waals surface area (Å²) >= 11 is 0. The molecule has 2 aromatic carbocycles. The third-order valence-electron chi connectivity index (χ3n) is 6.01. The molecule has 1 fully saturated rings. The minimum Gasteiger partial charge on any atom is -0.339 e. The van der Waals surface area contributed by atoms with Crippen molar-refractivity contribution in [1.82, 2.24) is 25.0 Å². The Kier molecular flexibility index (Phi) is 6.54. The monoisotopic (exact) mass is 403 g/mol. The van der Waals surface area contributed by atoms with Crippen LogP contribution in [0.4, 0.5) is 0 Å². The summed E-state index contributed by atoms with van der Waals surface area (Å²) < 4.78 is 0. The predicted molar refractivity (Wildman–Crippen MR) is 117 cm³/mol. The molecule has 0 aliphatic carbocycles. The Bertz CT molecular complexity index is 916. The normalized spacial score (nSPS) is 14.9. The third kappa shape index (κ3) is 5.13. The summed E-state index contributed by atoms with van der Waals surface area (Å²) in [5, 5.41) is 6.74. The zero-order valence-electron chi connectivity index (χ0n) is 17.5. The van der Waals surface area contributed by atoms with E-state index in [-0.39, 0.29) is 5.91 Å². The van der Waals surface area contributed by atoms with Gasteiger partial charge in [0, 0.05) is 37.7 Å². The highest BCUT2D eigenvalue weighted by atomic mass is 16.2. The second kappa shape index (κ2) is 9.67. The molecule has 1 amide bonds. The van der Waals surface area contributed by atoms with Gasteiger partial charge in [-0.05, 0) is 49.6 Å². The van der Waals surface area contributed by atoms with Gasteiger partial charge >= 0.3 is 0 Å². The Morgan fingerprint density at radius 2 is 1.80 bits per heavy atom. The van der Waals surface area contributed by atoms with E-state index < -0.39 is 0 Å². The summed E-state index contributed by atoms with van der Waals surface area (Å²) in [5.41, 5.74) is 3.25. The number of likely N-dealkylation sites (N-methyl/N-ethyl adjacent to an activating group) is 1. The zero-order chi connectivity index (χ0) is 20.8. The van der Waals surface area contributed by atoms with Crippen LogP contribution in [0, 0.1) is 0 Å². The number of nitrogens with zero attached hydrogens (tertiary/aromatic N) is 4. The number of hydrogen-bond donors (Lipinski definition) is 1. The van der Waals surface area contributed by atoms with Crippen molar-refractivity contribution in [1.29, 1.82) is 0 Å². The summed E-state index contributed by atoms with van der Waals surface area (Å²) in [6.45, 7) is 2.69. The molecular formula is C24H29N5O. The van der Waals surface area contributed by atoms with Crippen LogP contribution in [0.3, 0.4) is 0 Å². The van der Waals surface area contributed by atoms with Crippen molar-refractivity contribution in [3.05, 3.63) is 83.4 Å². The molecule has 0 spiro atoms. The topological polar surface area (TPSA) is 65.1 Å². The molecule has 1 aliphatic rings. The van der Waals surface area contributed by atoms with Crippen molar-refractivity contribution in [3.63, 3.8) is 0 Å². The van der Waals surface area contributed by atoms with Crippen molar-refractivity contribution in [2.45, 2.75) is 31.7 Å². The van der Waals surface area contributed by atoms with E-state index in [0.29, 0.717) is 12.5 Å². The van der Waals surface area contributed by atoms with Crippen LogP contribution in [-0.2, 0) is 12.8 Å². The number of aromatic nitrogens is 3. The number of amides is 1. The number of hydrogen-bond acceptors (Lipinski definition) is 4. The molecule has 6 heteroatoms. The van der Waals surface area contributed by atoms with E-state index in [4.69, 9.17) is 0 Å². The SMILES string of the molecule is CN(CCc1ccccc1)C1CCN(C(=O)c2ccc(Cc3ncn[nH]3)cc2)CC1. The highest BCUT2D eigenvalue weighted by Crippen LogP contribution is 2.19. The highest BCUT2D eigenvalue weighted by Gasteiger charge is 2.25. The standard InChI is InChI=1S/C24H29N5O/c1-28(14-11-19-5-3-2-4-6-19)22-12-15-29(16-13-22)24(30)21-9-7-20(8-10-21)17-23-25-18-26-27-23/h2-10,18,22H,11-17H2,1H3,(H,25,26,27). The minimum atomic E-state index is 0.131. The molecule has 4 rings (SSSR count). The van der Waals surface area contributed by atoms with Gasteiger partial charge in [-0.15, -0.1) is 0 Å². The average molecular weight is 404 g/mol. The first kappa shape index (κ1) is 20.3. The number of carbonyl (C=O) groups is 1. The molecule has 0 saturated carbocycles. The van der Waals surface area contributed by atoms with Gasteiger partial charge in [-0.25, -0.2) is 4.98 Å². The summed E-state index contributed by atoms with van der Waals surface area (Å²) in [4.78, 5) is 21.5. The second-order valence-electron chi connectivity index (χ2n) is 8.05. The number of nitrogens with one attached hydrogen (secondary N) is 1. The number of piperidine rings is 1. The summed E-state index contributed by atoms with van der Waals surface area (Å²) in [5.74, 6) is 0.958. The van der Waals surface area contributed by atoms with Gasteiger partial charge in [0.1, 0.15) is 12.2 Å². The lowest BCUT2D eigenvalue weighted by atomic mass is 10.0. The van der Waals surface area contributed by atoms with Crippen molar-refractivity contribution in [3.8, 4) is 0 Å². The Balaban J connectivity index is 1.25. The lowest BCUT2D eigenvalue weighted by molar-refractivity contribution is 0.0647. The molecule has 3 aromatic rings. The molecule has 0 atom stereocenters. The van der Waals surface area contributed by atoms with E-state index >= 15 is 0 Å². The Labute approximate surface area is 177 Å². The Hall–Kier alpha value is -2.99. The molecular weight excluding hydrogens is 374 g/mol. The molecule has 0 bridgehead atoms. The smallest absolute Gasteiger partial charge is 0.253 e. The van der Waals surface area contributed by atoms with E-state index in [2.05, 4.69) is 57.5 Å². The van der Waals surface area contributed by atoms with Crippen molar-refractivity contribution >= 4 is 5.91 Å². The molecule has 1 aliphatic heterocycles. The van der Waals surface area contributed by atoms with Gasteiger partial charge in [0.25, 0.3) is 5.91 Å². The first-order valence-corrected chi connectivity index (χ1v) is 10.7. The Morgan fingerprint density at radius 3 is 2.47 bits per heavy atom. The van der Waals surface area contributed by atoms with Gasteiger partial charge < -0.3 is 9.80 Å². The quantitative estimate of drug-likeness (QED) is 0.658. The number of likely N-dealkylation sites (tertiary alicyclic amines) is 1. The van der Waals surface area contributed by atoms with E-state index in [9.17, 15) is 4.79 Å². The summed E-state index contributed by atoms with van der Waals surface area (Å²) in [6.07, 6.45) is 5.32. The molecule has 6 nitrogen and oxygen atoms in total. The number of aromatic amines is 1. The molecule has 2 heterocycles. The van der Waals surface area contributed by atoms with Crippen LogP contribution in [0.25, 0.3) is 0 Å². The van der Waals surface area contributed by atoms with E-state index in [1.165, 1.54) is 11.9 Å². The van der Waals surface area contributed by atoms with E-state index in [1.807, 2.05) is 29.2 Å². The van der Waals surface area contributed by atoms with E-state index in [0.717, 1.165) is 55.8 Å². The van der Waals surface area contributed by atoms with Crippen LogP contribution in [-0.4, -0.2) is 63.6 Å². The van der Waals surface area contributed by atoms with Gasteiger partial charge in [0.2, 0.25) is 0 Å². The maximum Gasteiger partial charge on any atom is 0.253 e. The first-order chi connectivity index (χ1) is 14.7. The first-order valence-electron chi connectivity index (χ1n) is 10.7. The van der Waals surface area contributed by atoms with Crippen molar-refractivity contribution in [2.24, 2.45) is 0 Å². The number of H-pyrrole nitrogens is 1. The van der Waals surface area contributed by atoms with Crippen LogP contribution in [0.5, 0.6) is 0 Å². The average Bonchev–Trinajstić information content (AvgIpc) is 3.31. The fourth-order valence-corrected chi connectivity index (χ4v) is 4.10. The molecule has 1 saturated heterocycles. The van der Waals surface area contributed by atoms with E-state index in [1.54, 1.807) is 0 Å². The zero-order valence-corrected chi connectivity index (χ0v) is 17.5. The van der Waals surface area contributed by atoms with Crippen molar-refractivity contribution < 1.29 is 4.79 Å². The summed E-state index contributed by atoms with van der Waals surface area (Å²) in [7, 11) is 2.21. The number of benzene rings is 2. The van der Waals surface area contributed by atoms with Crippen LogP contribution < -0.4 is 0 Å². The van der Waals surface area contributed by atoms with Crippen LogP contribution in [0.2, 0.25) is 0 Å². The van der Waals surface area contributed by atoms with Crippen LogP contribution >= 0.6 is 0 Å². The van der Waals surface area contributed by atoms with Gasteiger partial charge in [-0.3, -0.25) is 9.89 Å². The number of carbonyl (C=O) groups excluding carboxylic acids is 1. The molecule has 0 unspecified atom stereocenters. The maximum atomic E-state index is 12.9. The lowest BCUT2D eigenvalue weighted by Crippen LogP contribution is -2.46. The van der Waals surface area contributed by atoms with Gasteiger partial charge in [-0.1, -0.05) is 42.5 Å². The molecule has 0 radical (unpaired) electrons. The fraction of sp³-hybridized carbons (Fsp3) is 0.375. The minimum absolute atomic E-state index is 0.131. The predicted octanol–water partition coefficient (Wildman–Crippen LogP) is 3.17. The molecule has 30 heavy (non-hydrogen) atoms. The van der Waals surface area contributed by atoms with Gasteiger partial charge in [0.15, 0.2) is 0 Å². The third-order valence-corrected chi connectivity index (χ3v) is 6.01.